The Bertz CT molecular complexity index is 478. The first-order chi connectivity index (χ1) is 9.03. The highest BCUT2D eigenvalue weighted by Crippen LogP contribution is 2.29. The van der Waals surface area contributed by atoms with Gasteiger partial charge in [0, 0.05) is 0 Å². The Morgan fingerprint density at radius 2 is 1.84 bits per heavy atom. The third-order valence-electron chi connectivity index (χ3n) is 3.52. The maximum Gasteiger partial charge on any atom is 0.329 e. The number of carboxylic acids is 1. The molecule has 19 heavy (non-hydrogen) atoms. The molecule has 0 spiro atoms. The second-order valence-electron chi connectivity index (χ2n) is 4.86. The van der Waals surface area contributed by atoms with Crippen LogP contribution in [0.5, 0.6) is 0 Å². The molecule has 1 aromatic heterocycles. The maximum absolute atomic E-state index is 12.2. The number of aliphatic carboxylic acids is 1. The van der Waals surface area contributed by atoms with E-state index in [4.69, 9.17) is 0 Å². The van der Waals surface area contributed by atoms with E-state index in [9.17, 15) is 14.7 Å². The smallest absolute Gasteiger partial charge is 0.329 e. The van der Waals surface area contributed by atoms with Gasteiger partial charge in [-0.3, -0.25) is 4.79 Å². The second-order valence-corrected chi connectivity index (χ2v) is 7.32. The SMILES string of the molecule is O=C(NC1(C(=O)O)CCCCCC1)c1ccc(Br)s1. The zero-order valence-electron chi connectivity index (χ0n) is 10.4. The summed E-state index contributed by atoms with van der Waals surface area (Å²) in [4.78, 5) is 24.3. The van der Waals surface area contributed by atoms with Crippen LogP contribution in [0, 0.1) is 0 Å². The summed E-state index contributed by atoms with van der Waals surface area (Å²) in [7, 11) is 0. The van der Waals surface area contributed by atoms with Crippen LogP contribution in [0.15, 0.2) is 15.9 Å². The minimum absolute atomic E-state index is 0.292. The molecular weight excluding hydrogens is 330 g/mol. The highest BCUT2D eigenvalue weighted by atomic mass is 79.9. The predicted octanol–water partition coefficient (Wildman–Crippen LogP) is 3.42. The third kappa shape index (κ3) is 3.36. The molecule has 1 fully saturated rings. The molecule has 1 heterocycles. The molecule has 0 radical (unpaired) electrons. The van der Waals surface area contributed by atoms with Crippen LogP contribution in [0.25, 0.3) is 0 Å². The van der Waals surface area contributed by atoms with Crippen molar-refractivity contribution in [1.29, 1.82) is 0 Å². The molecule has 0 aliphatic heterocycles. The molecule has 2 N–H and O–H groups in total. The summed E-state index contributed by atoms with van der Waals surface area (Å²) in [5.74, 6) is -1.21. The minimum Gasteiger partial charge on any atom is -0.480 e. The van der Waals surface area contributed by atoms with Crippen LogP contribution in [0.1, 0.15) is 48.2 Å². The van der Waals surface area contributed by atoms with Gasteiger partial charge >= 0.3 is 5.97 Å². The van der Waals surface area contributed by atoms with Gasteiger partial charge in [-0.25, -0.2) is 4.79 Å². The van der Waals surface area contributed by atoms with E-state index >= 15 is 0 Å². The minimum atomic E-state index is -1.09. The van der Waals surface area contributed by atoms with Crippen molar-refractivity contribution in [2.24, 2.45) is 0 Å². The molecule has 1 aromatic rings. The van der Waals surface area contributed by atoms with Crippen molar-refractivity contribution in [3.63, 3.8) is 0 Å². The quantitative estimate of drug-likeness (QED) is 0.824. The topological polar surface area (TPSA) is 66.4 Å². The van der Waals surface area contributed by atoms with E-state index in [0.29, 0.717) is 17.7 Å². The van der Waals surface area contributed by atoms with Crippen LogP contribution >= 0.6 is 27.3 Å². The van der Waals surface area contributed by atoms with Crippen LogP contribution in [0.3, 0.4) is 0 Å². The largest absolute Gasteiger partial charge is 0.480 e. The summed E-state index contributed by atoms with van der Waals surface area (Å²) in [5.41, 5.74) is -1.09. The van der Waals surface area contributed by atoms with Crippen LogP contribution in [-0.4, -0.2) is 22.5 Å². The summed E-state index contributed by atoms with van der Waals surface area (Å²) in [5, 5.41) is 12.2. The average molecular weight is 346 g/mol. The van der Waals surface area contributed by atoms with Gasteiger partial charge in [0.1, 0.15) is 5.54 Å². The fraction of sp³-hybridized carbons (Fsp3) is 0.538. The lowest BCUT2D eigenvalue weighted by molar-refractivity contribution is -0.145. The van der Waals surface area contributed by atoms with Crippen molar-refractivity contribution in [3.05, 3.63) is 20.8 Å². The maximum atomic E-state index is 12.2. The molecule has 0 bridgehead atoms. The normalized spacial score (nSPS) is 18.6. The van der Waals surface area contributed by atoms with Crippen molar-refractivity contribution >= 4 is 39.1 Å². The fourth-order valence-corrected chi connectivity index (χ4v) is 3.72. The van der Waals surface area contributed by atoms with E-state index in [1.54, 1.807) is 12.1 Å². The van der Waals surface area contributed by atoms with E-state index in [1.165, 1.54) is 11.3 Å². The number of rotatable bonds is 3. The number of hydrogen-bond acceptors (Lipinski definition) is 3. The summed E-state index contributed by atoms with van der Waals surface area (Å²) in [6, 6.07) is 3.50. The van der Waals surface area contributed by atoms with Crippen molar-refractivity contribution in [2.45, 2.75) is 44.1 Å². The lowest BCUT2D eigenvalue weighted by Crippen LogP contribution is -2.54. The van der Waals surface area contributed by atoms with Crippen molar-refractivity contribution in [3.8, 4) is 0 Å². The van der Waals surface area contributed by atoms with E-state index in [-0.39, 0.29) is 5.91 Å². The molecule has 0 saturated heterocycles. The Morgan fingerprint density at radius 3 is 2.32 bits per heavy atom. The first-order valence-electron chi connectivity index (χ1n) is 6.35. The van der Waals surface area contributed by atoms with Gasteiger partial charge in [0.25, 0.3) is 5.91 Å². The van der Waals surface area contributed by atoms with Gasteiger partial charge in [-0.05, 0) is 40.9 Å². The van der Waals surface area contributed by atoms with Gasteiger partial charge in [0.2, 0.25) is 0 Å². The Morgan fingerprint density at radius 1 is 1.21 bits per heavy atom. The first-order valence-corrected chi connectivity index (χ1v) is 7.96. The van der Waals surface area contributed by atoms with Crippen LogP contribution in [0.4, 0.5) is 0 Å². The van der Waals surface area contributed by atoms with Crippen molar-refractivity contribution < 1.29 is 14.7 Å². The van der Waals surface area contributed by atoms with E-state index in [1.807, 2.05) is 0 Å². The lowest BCUT2D eigenvalue weighted by Gasteiger charge is -2.29. The van der Waals surface area contributed by atoms with Gasteiger partial charge in [-0.15, -0.1) is 11.3 Å². The van der Waals surface area contributed by atoms with Crippen molar-refractivity contribution in [1.82, 2.24) is 5.32 Å². The lowest BCUT2D eigenvalue weighted by atomic mass is 9.90. The number of carboxylic acid groups (broad SMARTS) is 1. The Hall–Kier alpha value is -0.880. The monoisotopic (exact) mass is 345 g/mol. The number of halogens is 1. The number of nitrogens with one attached hydrogen (secondary N) is 1. The second kappa shape index (κ2) is 6.05. The molecule has 104 valence electrons. The van der Waals surface area contributed by atoms with Gasteiger partial charge in [0.05, 0.1) is 8.66 Å². The summed E-state index contributed by atoms with van der Waals surface area (Å²) in [6.45, 7) is 0. The van der Waals surface area contributed by atoms with Gasteiger partial charge in [-0.1, -0.05) is 25.7 Å². The van der Waals surface area contributed by atoms with E-state index in [2.05, 4.69) is 21.2 Å². The molecule has 4 nitrogen and oxygen atoms in total. The summed E-state index contributed by atoms with van der Waals surface area (Å²) in [6.07, 6.45) is 4.80. The number of carbonyl (C=O) groups excluding carboxylic acids is 1. The zero-order chi connectivity index (χ0) is 13.9. The highest BCUT2D eigenvalue weighted by Gasteiger charge is 2.40. The molecule has 1 amide bonds. The number of amides is 1. The molecule has 0 unspecified atom stereocenters. The molecule has 1 saturated carbocycles. The van der Waals surface area contributed by atoms with Crippen molar-refractivity contribution in [2.75, 3.05) is 0 Å². The van der Waals surface area contributed by atoms with E-state index in [0.717, 1.165) is 29.5 Å². The van der Waals surface area contributed by atoms with Crippen LogP contribution in [0.2, 0.25) is 0 Å². The van der Waals surface area contributed by atoms with Gasteiger partial charge in [-0.2, -0.15) is 0 Å². The summed E-state index contributed by atoms with van der Waals surface area (Å²) < 4.78 is 0.864. The number of hydrogen-bond donors (Lipinski definition) is 2. The van der Waals surface area contributed by atoms with Gasteiger partial charge in [0.15, 0.2) is 0 Å². The Kier molecular flexibility index (Phi) is 4.62. The Balaban J connectivity index is 2.16. The molecule has 0 aromatic carbocycles. The number of carbonyl (C=O) groups is 2. The molecule has 1 aliphatic rings. The van der Waals surface area contributed by atoms with Crippen LogP contribution < -0.4 is 5.32 Å². The molecular formula is C13H16BrNO3S. The molecule has 0 atom stereocenters. The standard InChI is InChI=1S/C13H16BrNO3S/c14-10-6-5-9(19-10)11(16)15-13(12(17)18)7-3-1-2-4-8-13/h5-6H,1-4,7-8H2,(H,15,16)(H,17,18). The molecule has 2 rings (SSSR count). The van der Waals surface area contributed by atoms with Gasteiger partial charge < -0.3 is 10.4 Å². The Labute approximate surface area is 124 Å². The molecule has 6 heteroatoms. The zero-order valence-corrected chi connectivity index (χ0v) is 12.8. The average Bonchev–Trinajstić information content (AvgIpc) is 2.65. The first kappa shape index (κ1) is 14.5. The highest BCUT2D eigenvalue weighted by molar-refractivity contribution is 9.11. The third-order valence-corrected chi connectivity index (χ3v) is 5.14. The number of thiophene rings is 1. The van der Waals surface area contributed by atoms with E-state index < -0.39 is 11.5 Å². The summed E-state index contributed by atoms with van der Waals surface area (Å²) >= 11 is 4.61. The fourth-order valence-electron chi connectivity index (χ4n) is 2.44. The molecule has 1 aliphatic carbocycles. The predicted molar refractivity (Wildman–Crippen MR) is 77.6 cm³/mol. The van der Waals surface area contributed by atoms with Crippen LogP contribution in [-0.2, 0) is 4.79 Å².